The highest BCUT2D eigenvalue weighted by atomic mass is 19.4. The van der Waals surface area contributed by atoms with E-state index in [1.807, 2.05) is 31.2 Å². The third kappa shape index (κ3) is 3.53. The van der Waals surface area contributed by atoms with E-state index in [0.717, 1.165) is 17.7 Å². The molecule has 3 rings (SSSR count). The molecule has 1 atom stereocenters. The highest BCUT2D eigenvalue weighted by Crippen LogP contribution is 2.29. The Labute approximate surface area is 146 Å². The molecular weight excluding hydrogens is 351 g/mol. The van der Waals surface area contributed by atoms with Crippen LogP contribution < -0.4 is 10.2 Å². The van der Waals surface area contributed by atoms with Crippen molar-refractivity contribution in [2.75, 3.05) is 16.8 Å². The molecule has 0 bridgehead atoms. The molecule has 0 spiro atoms. The number of aryl methyl sites for hydroxylation is 1. The molecule has 1 fully saturated rings. The maximum atomic E-state index is 12.5. The molecule has 7 nitrogen and oxygen atoms in total. The topological polar surface area (TPSA) is 91.0 Å². The number of nitrogens with one attached hydrogen (secondary N) is 2. The van der Waals surface area contributed by atoms with Gasteiger partial charge in [-0.25, -0.2) is 0 Å². The molecular formula is C16H16F3N5O2. The number of amides is 2. The number of H-pyrrole nitrogens is 1. The van der Waals surface area contributed by atoms with Crippen LogP contribution in [0.25, 0.3) is 0 Å². The number of carbonyl (C=O) groups excluding carboxylic acids is 2. The van der Waals surface area contributed by atoms with Gasteiger partial charge in [-0.15, -0.1) is 5.10 Å². The Hall–Kier alpha value is -2.91. The number of hydrogen-bond acceptors (Lipinski definition) is 4. The average molecular weight is 367 g/mol. The first-order valence-electron chi connectivity index (χ1n) is 7.98. The van der Waals surface area contributed by atoms with E-state index in [9.17, 15) is 22.8 Å². The molecule has 10 heteroatoms. The summed E-state index contributed by atoms with van der Waals surface area (Å²) in [6.45, 7) is 2.11. The molecule has 2 N–H and O–H groups in total. The number of rotatable bonds is 4. The van der Waals surface area contributed by atoms with Gasteiger partial charge in [0.25, 0.3) is 0 Å². The fourth-order valence-corrected chi connectivity index (χ4v) is 2.85. The van der Waals surface area contributed by atoms with Crippen LogP contribution >= 0.6 is 0 Å². The maximum Gasteiger partial charge on any atom is 0.451 e. The van der Waals surface area contributed by atoms with Crippen LogP contribution in [0.1, 0.15) is 24.7 Å². The van der Waals surface area contributed by atoms with Gasteiger partial charge in [-0.2, -0.15) is 18.2 Å². The second-order valence-corrected chi connectivity index (χ2v) is 5.88. The van der Waals surface area contributed by atoms with Crippen molar-refractivity contribution in [3.05, 3.63) is 35.7 Å². The number of anilines is 2. The SMILES string of the molecule is CCc1ccccc1N1CC(C(=O)Nc2n[nH]c(C(F)(F)F)n2)CC1=O. The predicted molar refractivity (Wildman–Crippen MR) is 86.3 cm³/mol. The molecule has 0 aliphatic carbocycles. The van der Waals surface area contributed by atoms with Gasteiger partial charge in [-0.1, -0.05) is 25.1 Å². The molecule has 1 aromatic carbocycles. The molecule has 1 aromatic heterocycles. The molecule has 2 heterocycles. The van der Waals surface area contributed by atoms with Crippen LogP contribution in [0.15, 0.2) is 24.3 Å². The smallest absolute Gasteiger partial charge is 0.311 e. The monoisotopic (exact) mass is 367 g/mol. The van der Waals surface area contributed by atoms with E-state index in [1.54, 1.807) is 5.10 Å². The minimum atomic E-state index is -4.68. The normalized spacial score (nSPS) is 17.6. The highest BCUT2D eigenvalue weighted by molar-refractivity contribution is 6.03. The number of carbonyl (C=O) groups is 2. The van der Waals surface area contributed by atoms with Gasteiger partial charge in [0.15, 0.2) is 0 Å². The number of nitrogens with zero attached hydrogens (tertiary/aromatic N) is 3. The summed E-state index contributed by atoms with van der Waals surface area (Å²) >= 11 is 0. The second kappa shape index (κ2) is 6.77. The summed E-state index contributed by atoms with van der Waals surface area (Å²) in [6.07, 6.45) is -3.98. The fourth-order valence-electron chi connectivity index (χ4n) is 2.85. The molecule has 0 saturated carbocycles. The average Bonchev–Trinajstić information content (AvgIpc) is 3.21. The van der Waals surface area contributed by atoms with Gasteiger partial charge >= 0.3 is 6.18 Å². The Morgan fingerprint density at radius 1 is 1.38 bits per heavy atom. The number of benzene rings is 1. The van der Waals surface area contributed by atoms with Crippen molar-refractivity contribution < 1.29 is 22.8 Å². The second-order valence-electron chi connectivity index (χ2n) is 5.88. The van der Waals surface area contributed by atoms with E-state index in [2.05, 4.69) is 15.4 Å². The van der Waals surface area contributed by atoms with Gasteiger partial charge < -0.3 is 4.90 Å². The number of para-hydroxylation sites is 1. The molecule has 0 radical (unpaired) electrons. The van der Waals surface area contributed by atoms with Crippen LogP contribution in [0, 0.1) is 5.92 Å². The summed E-state index contributed by atoms with van der Waals surface area (Å²) in [5, 5.41) is 7.28. The van der Waals surface area contributed by atoms with Crippen molar-refractivity contribution in [1.82, 2.24) is 15.2 Å². The summed E-state index contributed by atoms with van der Waals surface area (Å²) in [7, 11) is 0. The number of aromatic amines is 1. The Morgan fingerprint density at radius 2 is 2.12 bits per heavy atom. The minimum absolute atomic E-state index is 0.0273. The molecule has 1 aliphatic heterocycles. The van der Waals surface area contributed by atoms with Gasteiger partial charge in [0.2, 0.25) is 23.6 Å². The molecule has 2 amide bonds. The van der Waals surface area contributed by atoms with Crippen molar-refractivity contribution >= 4 is 23.5 Å². The van der Waals surface area contributed by atoms with E-state index in [4.69, 9.17) is 0 Å². The standard InChI is InChI=1S/C16H16F3N5O2/c1-2-9-5-3-4-6-11(9)24-8-10(7-12(24)25)13(26)20-15-21-14(22-23-15)16(17,18)19/h3-6,10H,2,7-8H2,1H3,(H2,20,21,22,23,26). The highest BCUT2D eigenvalue weighted by Gasteiger charge is 2.38. The largest absolute Gasteiger partial charge is 0.451 e. The van der Waals surface area contributed by atoms with Gasteiger partial charge in [-0.3, -0.25) is 20.0 Å². The molecule has 1 unspecified atom stereocenters. The maximum absolute atomic E-state index is 12.5. The van der Waals surface area contributed by atoms with E-state index >= 15 is 0 Å². The summed E-state index contributed by atoms with van der Waals surface area (Å²) < 4.78 is 37.5. The Balaban J connectivity index is 1.70. The predicted octanol–water partition coefficient (Wildman–Crippen LogP) is 2.38. The lowest BCUT2D eigenvalue weighted by molar-refractivity contribution is -0.144. The van der Waals surface area contributed by atoms with Gasteiger partial charge in [0.05, 0.1) is 5.92 Å². The number of hydrogen-bond donors (Lipinski definition) is 2. The first-order valence-corrected chi connectivity index (χ1v) is 7.98. The third-order valence-corrected chi connectivity index (χ3v) is 4.15. The summed E-state index contributed by atoms with van der Waals surface area (Å²) in [6, 6.07) is 7.39. The molecule has 138 valence electrons. The lowest BCUT2D eigenvalue weighted by Crippen LogP contribution is -2.29. The fraction of sp³-hybridized carbons (Fsp3) is 0.375. The van der Waals surface area contributed by atoms with Crippen LogP contribution in [0.5, 0.6) is 0 Å². The minimum Gasteiger partial charge on any atom is -0.311 e. The summed E-state index contributed by atoms with van der Waals surface area (Å²) in [5.41, 5.74) is 1.72. The van der Waals surface area contributed by atoms with Crippen LogP contribution in [0.2, 0.25) is 0 Å². The first kappa shape index (κ1) is 17.9. The van der Waals surface area contributed by atoms with Crippen molar-refractivity contribution in [3.63, 3.8) is 0 Å². The number of alkyl halides is 3. The lowest BCUT2D eigenvalue weighted by atomic mass is 10.1. The van der Waals surface area contributed by atoms with Crippen molar-refractivity contribution in [2.24, 2.45) is 5.92 Å². The molecule has 1 aliphatic rings. The quantitative estimate of drug-likeness (QED) is 0.868. The van der Waals surface area contributed by atoms with Crippen LogP contribution in [0.4, 0.5) is 24.8 Å². The van der Waals surface area contributed by atoms with E-state index in [0.29, 0.717) is 0 Å². The first-order chi connectivity index (χ1) is 12.3. The lowest BCUT2D eigenvalue weighted by Gasteiger charge is -2.19. The van der Waals surface area contributed by atoms with Crippen molar-refractivity contribution in [2.45, 2.75) is 25.9 Å². The van der Waals surface area contributed by atoms with E-state index < -0.39 is 29.8 Å². The Morgan fingerprint density at radius 3 is 2.77 bits per heavy atom. The van der Waals surface area contributed by atoms with Crippen LogP contribution in [0.3, 0.4) is 0 Å². The molecule has 1 saturated heterocycles. The zero-order chi connectivity index (χ0) is 18.9. The number of halogens is 3. The molecule has 2 aromatic rings. The Kier molecular flexibility index (Phi) is 4.66. The zero-order valence-electron chi connectivity index (χ0n) is 13.8. The van der Waals surface area contributed by atoms with E-state index in [-0.39, 0.29) is 18.9 Å². The zero-order valence-corrected chi connectivity index (χ0v) is 13.8. The van der Waals surface area contributed by atoms with Crippen molar-refractivity contribution in [1.29, 1.82) is 0 Å². The van der Waals surface area contributed by atoms with Gasteiger partial charge in [0, 0.05) is 18.7 Å². The van der Waals surface area contributed by atoms with Crippen LogP contribution in [-0.2, 0) is 22.2 Å². The summed E-state index contributed by atoms with van der Waals surface area (Å²) in [5.74, 6) is -3.27. The van der Waals surface area contributed by atoms with Gasteiger partial charge in [-0.05, 0) is 18.1 Å². The summed E-state index contributed by atoms with van der Waals surface area (Å²) in [4.78, 5) is 29.3. The number of aromatic nitrogens is 3. The Bertz CT molecular complexity index is 833. The van der Waals surface area contributed by atoms with Crippen LogP contribution in [-0.4, -0.2) is 33.5 Å². The molecule has 26 heavy (non-hydrogen) atoms. The third-order valence-electron chi connectivity index (χ3n) is 4.15. The van der Waals surface area contributed by atoms with E-state index in [1.165, 1.54) is 4.90 Å². The van der Waals surface area contributed by atoms with Crippen molar-refractivity contribution in [3.8, 4) is 0 Å². The van der Waals surface area contributed by atoms with Gasteiger partial charge in [0.1, 0.15) is 0 Å².